The van der Waals surface area contributed by atoms with Crippen molar-refractivity contribution in [2.45, 2.75) is 5.92 Å². The quantitative estimate of drug-likeness (QED) is 0.643. The second-order valence-electron chi connectivity index (χ2n) is 3.87. The fraction of sp³-hybridized carbons (Fsp3) is 0.455. The maximum absolute atomic E-state index is 5.70. The van der Waals surface area contributed by atoms with Gasteiger partial charge in [0.1, 0.15) is 5.75 Å². The molecule has 2 aliphatic heterocycles. The number of nitrogens with one attached hydrogen (secondary N) is 1. The number of ether oxygens (including phenoxy) is 1. The molecule has 0 radical (unpaired) electrons. The van der Waals surface area contributed by atoms with Crippen LogP contribution in [-0.4, -0.2) is 19.7 Å². The Morgan fingerprint density at radius 1 is 1.23 bits per heavy atom. The van der Waals surface area contributed by atoms with Crippen LogP contribution in [0.15, 0.2) is 24.3 Å². The molecule has 1 aromatic rings. The van der Waals surface area contributed by atoms with Gasteiger partial charge in [0.25, 0.3) is 0 Å². The van der Waals surface area contributed by atoms with E-state index in [9.17, 15) is 0 Å². The normalized spacial score (nSPS) is 30.5. The Kier molecular flexibility index (Phi) is 1.56. The van der Waals surface area contributed by atoms with Crippen molar-refractivity contribution >= 4 is 0 Å². The molecule has 0 aliphatic carbocycles. The van der Waals surface area contributed by atoms with Crippen molar-refractivity contribution < 1.29 is 4.74 Å². The summed E-state index contributed by atoms with van der Waals surface area (Å²) >= 11 is 0. The second-order valence-corrected chi connectivity index (χ2v) is 3.87. The molecule has 2 aliphatic rings. The van der Waals surface area contributed by atoms with Gasteiger partial charge in [-0.3, -0.25) is 0 Å². The Morgan fingerprint density at radius 2 is 2.15 bits per heavy atom. The highest BCUT2D eigenvalue weighted by molar-refractivity contribution is 5.39. The average Bonchev–Trinajstić information content (AvgIpc) is 2.65. The minimum atomic E-state index is 0.685. The van der Waals surface area contributed by atoms with Crippen molar-refractivity contribution in [2.75, 3.05) is 19.7 Å². The van der Waals surface area contributed by atoms with E-state index < -0.39 is 0 Å². The smallest absolute Gasteiger partial charge is 0.122 e. The summed E-state index contributed by atoms with van der Waals surface area (Å²) in [6.07, 6.45) is 0. The number of para-hydroxylation sites is 1. The highest BCUT2D eigenvalue weighted by Crippen LogP contribution is 2.38. The van der Waals surface area contributed by atoms with Crippen LogP contribution in [0.4, 0.5) is 0 Å². The topological polar surface area (TPSA) is 21.3 Å². The molecule has 2 nitrogen and oxygen atoms in total. The van der Waals surface area contributed by atoms with Gasteiger partial charge in [-0.2, -0.15) is 0 Å². The highest BCUT2D eigenvalue weighted by Gasteiger charge is 2.34. The third-order valence-electron chi connectivity index (χ3n) is 3.11. The molecule has 3 rings (SSSR count). The first-order valence-corrected chi connectivity index (χ1v) is 4.87. The summed E-state index contributed by atoms with van der Waals surface area (Å²) in [4.78, 5) is 0. The van der Waals surface area contributed by atoms with Crippen molar-refractivity contribution in [1.82, 2.24) is 5.32 Å². The van der Waals surface area contributed by atoms with Gasteiger partial charge in [-0.15, -0.1) is 0 Å². The maximum atomic E-state index is 5.70. The van der Waals surface area contributed by atoms with Crippen molar-refractivity contribution in [1.29, 1.82) is 0 Å². The van der Waals surface area contributed by atoms with E-state index in [1.54, 1.807) is 0 Å². The Balaban J connectivity index is 2.06. The molecule has 68 valence electrons. The summed E-state index contributed by atoms with van der Waals surface area (Å²) in [6, 6.07) is 8.41. The van der Waals surface area contributed by atoms with Gasteiger partial charge >= 0.3 is 0 Å². The van der Waals surface area contributed by atoms with E-state index in [0.29, 0.717) is 11.8 Å². The number of benzene rings is 1. The third kappa shape index (κ3) is 1.05. The minimum absolute atomic E-state index is 0.685. The van der Waals surface area contributed by atoms with Crippen molar-refractivity contribution in [2.24, 2.45) is 5.92 Å². The number of fused-ring (bicyclic) bond motifs is 3. The summed E-state index contributed by atoms with van der Waals surface area (Å²) in [5, 5.41) is 3.43. The average molecular weight is 175 g/mol. The Morgan fingerprint density at radius 3 is 3.15 bits per heavy atom. The molecule has 0 amide bonds. The third-order valence-corrected chi connectivity index (χ3v) is 3.11. The fourth-order valence-electron chi connectivity index (χ4n) is 2.39. The van der Waals surface area contributed by atoms with Gasteiger partial charge in [0.15, 0.2) is 0 Å². The van der Waals surface area contributed by atoms with Crippen LogP contribution in [-0.2, 0) is 0 Å². The molecule has 13 heavy (non-hydrogen) atoms. The summed E-state index contributed by atoms with van der Waals surface area (Å²) in [5.74, 6) is 2.47. The SMILES string of the molecule is c1ccc2c(c1)OC[C@@H]1CNC[C@H]21. The molecule has 1 aromatic carbocycles. The molecule has 0 saturated carbocycles. The fourth-order valence-corrected chi connectivity index (χ4v) is 2.39. The summed E-state index contributed by atoms with van der Waals surface area (Å²) in [5.41, 5.74) is 1.39. The van der Waals surface area contributed by atoms with E-state index in [2.05, 4.69) is 23.5 Å². The van der Waals surface area contributed by atoms with E-state index in [1.165, 1.54) is 5.56 Å². The summed E-state index contributed by atoms with van der Waals surface area (Å²) in [6.45, 7) is 3.11. The Labute approximate surface area is 77.9 Å². The first kappa shape index (κ1) is 7.39. The molecular formula is C11H13NO. The first-order chi connectivity index (χ1) is 6.45. The van der Waals surface area contributed by atoms with Crippen LogP contribution in [0.5, 0.6) is 5.75 Å². The van der Waals surface area contributed by atoms with Gasteiger partial charge in [-0.25, -0.2) is 0 Å². The highest BCUT2D eigenvalue weighted by atomic mass is 16.5. The molecule has 0 unspecified atom stereocenters. The van der Waals surface area contributed by atoms with Crippen LogP contribution in [0.3, 0.4) is 0 Å². The molecule has 2 heteroatoms. The lowest BCUT2D eigenvalue weighted by Crippen LogP contribution is -2.24. The molecule has 0 aromatic heterocycles. The maximum Gasteiger partial charge on any atom is 0.122 e. The lowest BCUT2D eigenvalue weighted by molar-refractivity contribution is 0.219. The van der Waals surface area contributed by atoms with Crippen LogP contribution in [0.25, 0.3) is 0 Å². The van der Waals surface area contributed by atoms with Crippen molar-refractivity contribution in [3.05, 3.63) is 29.8 Å². The van der Waals surface area contributed by atoms with Crippen molar-refractivity contribution in [3.63, 3.8) is 0 Å². The van der Waals surface area contributed by atoms with Crippen LogP contribution in [0.2, 0.25) is 0 Å². The molecule has 1 N–H and O–H groups in total. The van der Waals surface area contributed by atoms with Gasteiger partial charge in [0.2, 0.25) is 0 Å². The van der Waals surface area contributed by atoms with Crippen molar-refractivity contribution in [3.8, 4) is 5.75 Å². The van der Waals surface area contributed by atoms with Crippen LogP contribution in [0, 0.1) is 5.92 Å². The molecule has 2 heterocycles. The molecule has 0 bridgehead atoms. The monoisotopic (exact) mass is 175 g/mol. The van der Waals surface area contributed by atoms with Crippen LogP contribution >= 0.6 is 0 Å². The lowest BCUT2D eigenvalue weighted by atomic mass is 9.87. The van der Waals surface area contributed by atoms with Gasteiger partial charge in [-0.05, 0) is 11.6 Å². The van der Waals surface area contributed by atoms with Crippen LogP contribution in [0.1, 0.15) is 11.5 Å². The predicted octanol–water partition coefficient (Wildman–Crippen LogP) is 1.38. The van der Waals surface area contributed by atoms with Gasteiger partial charge < -0.3 is 10.1 Å². The van der Waals surface area contributed by atoms with E-state index in [-0.39, 0.29) is 0 Å². The summed E-state index contributed by atoms with van der Waals surface area (Å²) in [7, 11) is 0. The van der Waals surface area contributed by atoms with Gasteiger partial charge in [0, 0.05) is 24.9 Å². The molecule has 1 fully saturated rings. The van der Waals surface area contributed by atoms with Gasteiger partial charge in [-0.1, -0.05) is 18.2 Å². The zero-order valence-corrected chi connectivity index (χ0v) is 7.49. The lowest BCUT2D eigenvalue weighted by Gasteiger charge is -2.27. The zero-order valence-electron chi connectivity index (χ0n) is 7.49. The van der Waals surface area contributed by atoms with E-state index in [0.717, 1.165) is 25.4 Å². The number of hydrogen-bond acceptors (Lipinski definition) is 2. The molecular weight excluding hydrogens is 162 g/mol. The predicted molar refractivity (Wildman–Crippen MR) is 51.0 cm³/mol. The van der Waals surface area contributed by atoms with E-state index in [4.69, 9.17) is 4.74 Å². The largest absolute Gasteiger partial charge is 0.493 e. The Bertz CT molecular complexity index is 324. The summed E-state index contributed by atoms with van der Waals surface area (Å²) < 4.78 is 5.70. The standard InChI is InChI=1S/C11H13NO/c1-2-4-11-9(3-1)10-6-12-5-8(10)7-13-11/h1-4,8,10,12H,5-7H2/t8-,10-/m0/s1. The van der Waals surface area contributed by atoms with E-state index in [1.807, 2.05) is 6.07 Å². The van der Waals surface area contributed by atoms with Crippen LogP contribution < -0.4 is 10.1 Å². The number of rotatable bonds is 0. The second kappa shape index (κ2) is 2.74. The van der Waals surface area contributed by atoms with Gasteiger partial charge in [0.05, 0.1) is 6.61 Å². The first-order valence-electron chi connectivity index (χ1n) is 4.87. The molecule has 0 spiro atoms. The molecule has 1 saturated heterocycles. The minimum Gasteiger partial charge on any atom is -0.493 e. The van der Waals surface area contributed by atoms with E-state index >= 15 is 0 Å². The molecule has 2 atom stereocenters. The Hall–Kier alpha value is -1.02. The number of hydrogen-bond donors (Lipinski definition) is 1. The zero-order chi connectivity index (χ0) is 8.67.